The van der Waals surface area contributed by atoms with Gasteiger partial charge in [-0.3, -0.25) is 4.99 Å². The molecule has 0 aromatic heterocycles. The smallest absolute Gasteiger partial charge is 0.188 e. The fourth-order valence-electron chi connectivity index (χ4n) is 3.77. The minimum atomic E-state index is 0.140. The minimum absolute atomic E-state index is 0.140. The first kappa shape index (κ1) is 14.4. The van der Waals surface area contributed by atoms with E-state index in [9.17, 15) is 0 Å². The van der Waals surface area contributed by atoms with Crippen molar-refractivity contribution in [2.45, 2.75) is 38.8 Å². The lowest BCUT2D eigenvalue weighted by Gasteiger charge is -2.54. The van der Waals surface area contributed by atoms with E-state index in [4.69, 9.17) is 10.5 Å². The highest BCUT2D eigenvalue weighted by Gasteiger charge is 2.59. The Bertz CT molecular complexity index is 512. The lowest BCUT2D eigenvalue weighted by molar-refractivity contribution is -0.106. The fraction of sp³-hybridized carbons (Fsp3) is 0.588. The number of fused-ring (bicyclic) bond motifs is 1. The van der Waals surface area contributed by atoms with Crippen molar-refractivity contribution in [1.82, 2.24) is 5.32 Å². The second-order valence-electron chi connectivity index (χ2n) is 6.69. The summed E-state index contributed by atoms with van der Waals surface area (Å²) >= 11 is 0. The van der Waals surface area contributed by atoms with Crippen LogP contribution in [0.25, 0.3) is 0 Å². The summed E-state index contributed by atoms with van der Waals surface area (Å²) in [6.45, 7) is 6.09. The highest BCUT2D eigenvalue weighted by Crippen LogP contribution is 2.51. The van der Waals surface area contributed by atoms with Gasteiger partial charge in [-0.2, -0.15) is 0 Å². The highest BCUT2D eigenvalue weighted by molar-refractivity contribution is 5.78. The van der Waals surface area contributed by atoms with E-state index in [0.29, 0.717) is 24.0 Å². The molecule has 3 rings (SSSR count). The third-order valence-corrected chi connectivity index (χ3v) is 4.93. The zero-order valence-corrected chi connectivity index (χ0v) is 12.9. The second kappa shape index (κ2) is 5.68. The van der Waals surface area contributed by atoms with Crippen LogP contribution >= 0.6 is 0 Å². The van der Waals surface area contributed by atoms with Gasteiger partial charge in [-0.05, 0) is 18.4 Å². The monoisotopic (exact) mass is 287 g/mol. The highest BCUT2D eigenvalue weighted by atomic mass is 16.5. The van der Waals surface area contributed by atoms with Crippen LogP contribution in [0.2, 0.25) is 0 Å². The largest absolute Gasteiger partial charge is 0.377 e. The van der Waals surface area contributed by atoms with Crippen LogP contribution in [-0.4, -0.2) is 31.3 Å². The lowest BCUT2D eigenvalue weighted by atomic mass is 9.57. The van der Waals surface area contributed by atoms with E-state index in [1.807, 2.05) is 6.07 Å². The second-order valence-corrected chi connectivity index (χ2v) is 6.69. The van der Waals surface area contributed by atoms with Crippen LogP contribution in [0.1, 0.15) is 25.8 Å². The Kier molecular flexibility index (Phi) is 3.89. The maximum atomic E-state index is 6.05. The standard InChI is InChI=1S/C17H25N3O/c1-17(2)14(13-9-11-21-15(13)17)20-16(18)19-10-8-12-6-4-3-5-7-12/h3-7,13-15H,8-11H2,1-2H3,(H3,18,19,20). The van der Waals surface area contributed by atoms with Crippen molar-refractivity contribution in [3.8, 4) is 0 Å². The van der Waals surface area contributed by atoms with Crippen molar-refractivity contribution >= 4 is 5.96 Å². The predicted octanol–water partition coefficient (Wildman–Crippen LogP) is 1.95. The number of hydrogen-bond donors (Lipinski definition) is 2. The van der Waals surface area contributed by atoms with Crippen molar-refractivity contribution in [3.63, 3.8) is 0 Å². The van der Waals surface area contributed by atoms with Crippen molar-refractivity contribution in [2.24, 2.45) is 22.1 Å². The molecule has 1 aromatic rings. The minimum Gasteiger partial charge on any atom is -0.377 e. The average molecular weight is 287 g/mol. The lowest BCUT2D eigenvalue weighted by Crippen LogP contribution is -2.67. The summed E-state index contributed by atoms with van der Waals surface area (Å²) in [7, 11) is 0. The van der Waals surface area contributed by atoms with Crippen LogP contribution in [0.4, 0.5) is 0 Å². The van der Waals surface area contributed by atoms with Gasteiger partial charge in [0.25, 0.3) is 0 Å². The van der Waals surface area contributed by atoms with Crippen molar-refractivity contribution in [2.75, 3.05) is 13.2 Å². The molecule has 3 atom stereocenters. The summed E-state index contributed by atoms with van der Waals surface area (Å²) in [6, 6.07) is 10.8. The van der Waals surface area contributed by atoms with Gasteiger partial charge in [0.2, 0.25) is 0 Å². The first-order valence-electron chi connectivity index (χ1n) is 7.81. The summed E-state index contributed by atoms with van der Waals surface area (Å²) in [5.74, 6) is 1.15. The van der Waals surface area contributed by atoms with E-state index < -0.39 is 0 Å². The first-order chi connectivity index (χ1) is 10.1. The number of hydrogen-bond acceptors (Lipinski definition) is 2. The zero-order valence-electron chi connectivity index (χ0n) is 12.9. The van der Waals surface area contributed by atoms with Crippen molar-refractivity contribution < 1.29 is 4.74 Å². The molecule has 1 saturated carbocycles. The van der Waals surface area contributed by atoms with Gasteiger partial charge in [0.15, 0.2) is 5.96 Å². The third kappa shape index (κ3) is 2.77. The van der Waals surface area contributed by atoms with Gasteiger partial charge in [0.05, 0.1) is 6.10 Å². The molecule has 1 heterocycles. The van der Waals surface area contributed by atoms with Crippen molar-refractivity contribution in [3.05, 3.63) is 35.9 Å². The van der Waals surface area contributed by atoms with Gasteiger partial charge in [-0.15, -0.1) is 0 Å². The van der Waals surface area contributed by atoms with Crippen LogP contribution in [0.3, 0.4) is 0 Å². The van der Waals surface area contributed by atoms with Crippen LogP contribution < -0.4 is 11.1 Å². The van der Waals surface area contributed by atoms with Gasteiger partial charge < -0.3 is 15.8 Å². The maximum Gasteiger partial charge on any atom is 0.188 e. The number of nitrogens with two attached hydrogens (primary N) is 1. The molecule has 0 amide bonds. The number of nitrogens with zero attached hydrogens (tertiary/aromatic N) is 1. The number of rotatable bonds is 4. The molecular weight excluding hydrogens is 262 g/mol. The summed E-state index contributed by atoms with van der Waals surface area (Å²) in [6.07, 6.45) is 2.43. The molecule has 2 aliphatic rings. The number of aliphatic imine (C=N–C) groups is 1. The summed E-state index contributed by atoms with van der Waals surface area (Å²) in [5.41, 5.74) is 7.48. The Morgan fingerprint density at radius 2 is 2.14 bits per heavy atom. The summed E-state index contributed by atoms with van der Waals surface area (Å²) in [4.78, 5) is 4.46. The van der Waals surface area contributed by atoms with Crippen LogP contribution in [0.5, 0.6) is 0 Å². The molecule has 0 spiro atoms. The molecule has 3 N–H and O–H groups in total. The number of nitrogens with one attached hydrogen (secondary N) is 1. The van der Waals surface area contributed by atoms with E-state index in [1.165, 1.54) is 5.56 Å². The van der Waals surface area contributed by atoms with E-state index in [0.717, 1.165) is 26.0 Å². The topological polar surface area (TPSA) is 59.6 Å². The Morgan fingerprint density at radius 1 is 1.38 bits per heavy atom. The zero-order chi connectivity index (χ0) is 14.9. The molecule has 0 radical (unpaired) electrons. The van der Waals surface area contributed by atoms with E-state index in [1.54, 1.807) is 0 Å². The molecule has 1 saturated heterocycles. The first-order valence-corrected chi connectivity index (χ1v) is 7.81. The predicted molar refractivity (Wildman–Crippen MR) is 85.2 cm³/mol. The number of guanidine groups is 1. The molecule has 4 heteroatoms. The molecular formula is C17H25N3O. The normalized spacial score (nSPS) is 30.6. The molecule has 1 aromatic carbocycles. The Balaban J connectivity index is 1.52. The van der Waals surface area contributed by atoms with E-state index in [2.05, 4.69) is 48.4 Å². The van der Waals surface area contributed by atoms with Crippen LogP contribution in [-0.2, 0) is 11.2 Å². The van der Waals surface area contributed by atoms with Gasteiger partial charge in [0.1, 0.15) is 0 Å². The molecule has 1 aliphatic carbocycles. The third-order valence-electron chi connectivity index (χ3n) is 4.93. The summed E-state index contributed by atoms with van der Waals surface area (Å²) < 4.78 is 5.80. The summed E-state index contributed by atoms with van der Waals surface area (Å²) in [5, 5.41) is 3.41. The van der Waals surface area contributed by atoms with Gasteiger partial charge >= 0.3 is 0 Å². The molecule has 0 bridgehead atoms. The number of ether oxygens (including phenoxy) is 1. The molecule has 1 aliphatic heterocycles. The molecule has 4 nitrogen and oxygen atoms in total. The molecule has 21 heavy (non-hydrogen) atoms. The fourth-order valence-corrected chi connectivity index (χ4v) is 3.77. The van der Waals surface area contributed by atoms with Gasteiger partial charge in [0, 0.05) is 30.5 Å². The molecule has 2 fully saturated rings. The van der Waals surface area contributed by atoms with Gasteiger partial charge in [-0.1, -0.05) is 44.2 Å². The van der Waals surface area contributed by atoms with Gasteiger partial charge in [-0.25, -0.2) is 0 Å². The average Bonchev–Trinajstić information content (AvgIpc) is 2.93. The van der Waals surface area contributed by atoms with Crippen molar-refractivity contribution in [1.29, 1.82) is 0 Å². The maximum absolute atomic E-state index is 6.05. The quantitative estimate of drug-likeness (QED) is 0.657. The Morgan fingerprint density at radius 3 is 2.90 bits per heavy atom. The molecule has 114 valence electrons. The van der Waals surface area contributed by atoms with E-state index >= 15 is 0 Å². The van der Waals surface area contributed by atoms with Crippen LogP contribution in [0, 0.1) is 11.3 Å². The SMILES string of the molecule is CC1(C)C(NC(N)=NCCc2ccccc2)C2CCOC21. The number of benzene rings is 1. The van der Waals surface area contributed by atoms with E-state index in [-0.39, 0.29) is 5.41 Å². The Hall–Kier alpha value is -1.55. The Labute approximate surface area is 126 Å². The molecule has 3 unspecified atom stereocenters. The van der Waals surface area contributed by atoms with Crippen LogP contribution in [0.15, 0.2) is 35.3 Å².